The number of carbonyl (C=O) groups is 1. The summed E-state index contributed by atoms with van der Waals surface area (Å²) in [6.45, 7) is 6.84. The molecule has 0 spiro atoms. The second-order valence-corrected chi connectivity index (χ2v) is 11.3. The summed E-state index contributed by atoms with van der Waals surface area (Å²) in [7, 11) is 0. The third-order valence-corrected chi connectivity index (χ3v) is 8.47. The fourth-order valence-corrected chi connectivity index (χ4v) is 6.88. The number of carbonyl (C=O) groups excluding carboxylic acids is 1. The van der Waals surface area contributed by atoms with Crippen LogP contribution in [0, 0.1) is 5.92 Å². The molecule has 0 aliphatic rings. The van der Waals surface area contributed by atoms with Gasteiger partial charge in [0.2, 0.25) is 0 Å². The van der Waals surface area contributed by atoms with Crippen LogP contribution in [-0.2, 0) is 19.4 Å². The zero-order valence-corrected chi connectivity index (χ0v) is 20.8. The maximum absolute atomic E-state index is 13.1. The van der Waals surface area contributed by atoms with Crippen molar-refractivity contribution in [2.45, 2.75) is 46.6 Å². The molecule has 1 amide bonds. The molecule has 0 radical (unpaired) electrons. The quantitative estimate of drug-likeness (QED) is 0.315. The van der Waals surface area contributed by atoms with Crippen molar-refractivity contribution in [3.05, 3.63) is 44.3 Å². The summed E-state index contributed by atoms with van der Waals surface area (Å²) in [5, 5.41) is 10.4. The number of aryl methyl sites for hydroxylation is 1. The second kappa shape index (κ2) is 10.1. The van der Waals surface area contributed by atoms with E-state index in [9.17, 15) is 4.79 Å². The molecule has 0 unspecified atom stereocenters. The summed E-state index contributed by atoms with van der Waals surface area (Å²) in [6.07, 6.45) is 6.35. The van der Waals surface area contributed by atoms with Crippen LogP contribution in [0.3, 0.4) is 0 Å². The number of hydrogen-bond donors (Lipinski definition) is 1. The molecule has 0 atom stereocenters. The van der Waals surface area contributed by atoms with Gasteiger partial charge in [0.25, 0.3) is 5.91 Å². The molecule has 4 rings (SSSR count). The summed E-state index contributed by atoms with van der Waals surface area (Å²) < 4.78 is 0. The van der Waals surface area contributed by atoms with Crippen LogP contribution in [0.15, 0.2) is 23.2 Å². The highest BCUT2D eigenvalue weighted by Crippen LogP contribution is 2.32. The summed E-state index contributed by atoms with van der Waals surface area (Å²) in [5.41, 5.74) is 1.43. The number of nitrogens with zero attached hydrogens (tertiary/aromatic N) is 4. The highest BCUT2D eigenvalue weighted by molar-refractivity contribution is 7.21. The molecule has 0 aliphatic heterocycles. The van der Waals surface area contributed by atoms with Gasteiger partial charge in [-0.1, -0.05) is 27.2 Å². The summed E-state index contributed by atoms with van der Waals surface area (Å²) in [5.74, 6) is 0.285. The first-order valence-corrected chi connectivity index (χ1v) is 13.5. The molecule has 0 bridgehead atoms. The molecule has 10 heteroatoms. The molecule has 0 fully saturated rings. The first-order valence-electron chi connectivity index (χ1n) is 10.1. The second-order valence-electron chi connectivity index (χ2n) is 7.38. The standard InChI is InChI=1S/C21H23N5OS4/c1-4-5-14-13(25-20(30-14)18-22-6-8-28-18)11-24-17(27)16-15(10-12(2)3)31-21(26-16)19-23-7-9-29-19/h6-9,12H,4-5,10-11H2,1-3H3,(H,24,27). The van der Waals surface area contributed by atoms with Crippen molar-refractivity contribution in [2.75, 3.05) is 0 Å². The highest BCUT2D eigenvalue weighted by Gasteiger charge is 2.22. The lowest BCUT2D eigenvalue weighted by molar-refractivity contribution is 0.0945. The maximum atomic E-state index is 13.1. The lowest BCUT2D eigenvalue weighted by Gasteiger charge is -2.06. The van der Waals surface area contributed by atoms with Crippen molar-refractivity contribution in [3.8, 4) is 20.0 Å². The van der Waals surface area contributed by atoms with Gasteiger partial charge in [-0.2, -0.15) is 0 Å². The summed E-state index contributed by atoms with van der Waals surface area (Å²) in [6, 6.07) is 0. The molecule has 1 N–H and O–H groups in total. The van der Waals surface area contributed by atoms with Gasteiger partial charge in [-0.05, 0) is 18.8 Å². The van der Waals surface area contributed by atoms with Crippen molar-refractivity contribution >= 4 is 51.3 Å². The first-order chi connectivity index (χ1) is 15.0. The van der Waals surface area contributed by atoms with Crippen LogP contribution in [0.25, 0.3) is 20.0 Å². The van der Waals surface area contributed by atoms with Crippen molar-refractivity contribution in [1.29, 1.82) is 0 Å². The van der Waals surface area contributed by atoms with E-state index in [-0.39, 0.29) is 5.91 Å². The molecule has 31 heavy (non-hydrogen) atoms. The largest absolute Gasteiger partial charge is 0.345 e. The topological polar surface area (TPSA) is 80.7 Å². The molecule has 4 aromatic rings. The Morgan fingerprint density at radius 3 is 2.19 bits per heavy atom. The zero-order chi connectivity index (χ0) is 21.8. The van der Waals surface area contributed by atoms with Crippen LogP contribution >= 0.6 is 45.3 Å². The van der Waals surface area contributed by atoms with E-state index in [0.717, 1.165) is 49.9 Å². The van der Waals surface area contributed by atoms with Crippen LogP contribution in [0.5, 0.6) is 0 Å². The van der Waals surface area contributed by atoms with Crippen LogP contribution in [-0.4, -0.2) is 25.8 Å². The Kier molecular flexibility index (Phi) is 7.21. The Morgan fingerprint density at radius 2 is 1.61 bits per heavy atom. The van der Waals surface area contributed by atoms with Crippen LogP contribution in [0.2, 0.25) is 0 Å². The molecule has 0 aromatic carbocycles. The lowest BCUT2D eigenvalue weighted by Crippen LogP contribution is -2.25. The van der Waals surface area contributed by atoms with E-state index in [4.69, 9.17) is 4.98 Å². The molecule has 4 aromatic heterocycles. The van der Waals surface area contributed by atoms with Crippen LogP contribution in [0.4, 0.5) is 0 Å². The van der Waals surface area contributed by atoms with E-state index in [1.165, 1.54) is 16.2 Å². The SMILES string of the molecule is CCCc1sc(-c2nccs2)nc1CNC(=O)c1nc(-c2nccs2)sc1CC(C)C. The minimum atomic E-state index is -0.152. The van der Waals surface area contributed by atoms with E-state index < -0.39 is 0 Å². The van der Waals surface area contributed by atoms with Crippen LogP contribution < -0.4 is 5.32 Å². The first kappa shape index (κ1) is 22.2. The number of amides is 1. The Bertz CT molecular complexity index is 1130. The van der Waals surface area contributed by atoms with E-state index in [1.807, 2.05) is 10.8 Å². The molecular weight excluding hydrogens is 467 g/mol. The van der Waals surface area contributed by atoms with Gasteiger partial charge < -0.3 is 5.32 Å². The van der Waals surface area contributed by atoms with Gasteiger partial charge in [-0.25, -0.2) is 19.9 Å². The van der Waals surface area contributed by atoms with E-state index in [0.29, 0.717) is 18.2 Å². The van der Waals surface area contributed by atoms with Crippen molar-refractivity contribution in [2.24, 2.45) is 5.92 Å². The Balaban J connectivity index is 1.55. The van der Waals surface area contributed by atoms with Crippen molar-refractivity contribution in [1.82, 2.24) is 25.3 Å². The highest BCUT2D eigenvalue weighted by atomic mass is 32.1. The third-order valence-electron chi connectivity index (χ3n) is 4.41. The summed E-state index contributed by atoms with van der Waals surface area (Å²) >= 11 is 6.35. The number of hydrogen-bond acceptors (Lipinski definition) is 9. The Labute approximate surface area is 197 Å². The summed E-state index contributed by atoms with van der Waals surface area (Å²) in [4.78, 5) is 33.5. The number of nitrogens with one attached hydrogen (secondary N) is 1. The van der Waals surface area contributed by atoms with Gasteiger partial charge in [0.1, 0.15) is 5.69 Å². The minimum Gasteiger partial charge on any atom is -0.345 e. The molecule has 0 aliphatic carbocycles. The van der Waals surface area contributed by atoms with Gasteiger partial charge in [-0.15, -0.1) is 45.3 Å². The lowest BCUT2D eigenvalue weighted by atomic mass is 10.1. The molecule has 6 nitrogen and oxygen atoms in total. The monoisotopic (exact) mass is 489 g/mol. The Morgan fingerprint density at radius 1 is 0.968 bits per heavy atom. The molecule has 0 saturated carbocycles. The minimum absolute atomic E-state index is 0.152. The predicted molar refractivity (Wildman–Crippen MR) is 130 cm³/mol. The predicted octanol–water partition coefficient (Wildman–Crippen LogP) is 5.93. The van der Waals surface area contributed by atoms with Gasteiger partial charge in [0.05, 0.1) is 12.2 Å². The number of aromatic nitrogens is 4. The van der Waals surface area contributed by atoms with Crippen molar-refractivity contribution < 1.29 is 4.79 Å². The Hall–Kier alpha value is -2.01. The van der Waals surface area contributed by atoms with E-state index in [2.05, 4.69) is 41.0 Å². The smallest absolute Gasteiger partial charge is 0.271 e. The van der Waals surface area contributed by atoms with Gasteiger partial charge in [-0.3, -0.25) is 4.79 Å². The molecule has 4 heterocycles. The van der Waals surface area contributed by atoms with E-state index >= 15 is 0 Å². The average Bonchev–Trinajstić information content (AvgIpc) is 3.52. The molecule has 162 valence electrons. The molecular formula is C21H23N5OS4. The zero-order valence-electron chi connectivity index (χ0n) is 17.5. The van der Waals surface area contributed by atoms with Gasteiger partial charge in [0, 0.05) is 32.9 Å². The van der Waals surface area contributed by atoms with Gasteiger partial charge >= 0.3 is 0 Å². The number of thiazole rings is 4. The van der Waals surface area contributed by atoms with Crippen LogP contribution in [0.1, 0.15) is 53.1 Å². The fraction of sp³-hybridized carbons (Fsp3) is 0.381. The molecule has 0 saturated heterocycles. The van der Waals surface area contributed by atoms with Gasteiger partial charge in [0.15, 0.2) is 20.0 Å². The number of rotatable bonds is 9. The van der Waals surface area contributed by atoms with E-state index in [1.54, 1.807) is 46.4 Å². The maximum Gasteiger partial charge on any atom is 0.271 e. The third kappa shape index (κ3) is 5.25. The van der Waals surface area contributed by atoms with Crippen molar-refractivity contribution in [3.63, 3.8) is 0 Å². The normalized spacial score (nSPS) is 11.4. The average molecular weight is 490 g/mol. The fourth-order valence-electron chi connectivity index (χ4n) is 3.07.